The Labute approximate surface area is 66.9 Å². The van der Waals surface area contributed by atoms with Crippen molar-refractivity contribution in [1.82, 2.24) is 0 Å². The Morgan fingerprint density at radius 2 is 2.55 bits per heavy atom. The summed E-state index contributed by atoms with van der Waals surface area (Å²) in [6.07, 6.45) is 2.30. The van der Waals surface area contributed by atoms with Gasteiger partial charge in [0.25, 0.3) is 0 Å². The van der Waals surface area contributed by atoms with Crippen molar-refractivity contribution in [3.05, 3.63) is 0 Å². The van der Waals surface area contributed by atoms with Crippen LogP contribution in [0.15, 0.2) is 0 Å². The van der Waals surface area contributed by atoms with Gasteiger partial charge in [-0.3, -0.25) is 0 Å². The lowest BCUT2D eigenvalue weighted by molar-refractivity contribution is 0.0126. The van der Waals surface area contributed by atoms with E-state index >= 15 is 0 Å². The molecule has 0 saturated carbocycles. The summed E-state index contributed by atoms with van der Waals surface area (Å²) in [6.45, 7) is 2.56. The van der Waals surface area contributed by atoms with Gasteiger partial charge in [0.05, 0.1) is 19.3 Å². The number of nitriles is 1. The number of nitrogens with zero attached hydrogens (tertiary/aromatic N) is 1. The summed E-state index contributed by atoms with van der Waals surface area (Å²) in [5, 5.41) is 8.19. The highest BCUT2D eigenvalue weighted by Crippen LogP contribution is 2.13. The van der Waals surface area contributed by atoms with Crippen LogP contribution in [-0.4, -0.2) is 26.4 Å². The minimum absolute atomic E-state index is 0.205. The molecular formula is C8H13NO2. The lowest BCUT2D eigenvalue weighted by atomic mass is 10.0. The van der Waals surface area contributed by atoms with Crippen LogP contribution in [0.3, 0.4) is 0 Å². The molecule has 1 aliphatic rings. The van der Waals surface area contributed by atoms with E-state index in [1.54, 1.807) is 0 Å². The van der Waals surface area contributed by atoms with Gasteiger partial charge in [-0.1, -0.05) is 0 Å². The molecule has 3 heteroatoms. The SMILES string of the molecule is N#CCOCC1CCCOC1. The van der Waals surface area contributed by atoms with Gasteiger partial charge < -0.3 is 9.47 Å². The quantitative estimate of drug-likeness (QED) is 0.570. The molecule has 0 aromatic rings. The lowest BCUT2D eigenvalue weighted by Gasteiger charge is -2.20. The minimum atomic E-state index is 0.205. The molecule has 3 nitrogen and oxygen atoms in total. The highest BCUT2D eigenvalue weighted by atomic mass is 16.5. The average molecular weight is 155 g/mol. The second-order valence-electron chi connectivity index (χ2n) is 2.76. The monoisotopic (exact) mass is 155 g/mol. The molecule has 0 aliphatic carbocycles. The van der Waals surface area contributed by atoms with Crippen LogP contribution in [0.4, 0.5) is 0 Å². The zero-order chi connectivity index (χ0) is 7.94. The van der Waals surface area contributed by atoms with Gasteiger partial charge in [0.1, 0.15) is 6.61 Å². The van der Waals surface area contributed by atoms with Gasteiger partial charge in [0, 0.05) is 12.5 Å². The van der Waals surface area contributed by atoms with E-state index in [2.05, 4.69) is 0 Å². The van der Waals surface area contributed by atoms with Crippen LogP contribution in [0.25, 0.3) is 0 Å². The van der Waals surface area contributed by atoms with Crippen molar-refractivity contribution in [3.63, 3.8) is 0 Å². The van der Waals surface area contributed by atoms with Crippen molar-refractivity contribution in [1.29, 1.82) is 5.26 Å². The van der Waals surface area contributed by atoms with Crippen LogP contribution in [0.2, 0.25) is 0 Å². The molecule has 1 atom stereocenters. The molecule has 1 aliphatic heterocycles. The first-order valence-electron chi connectivity index (χ1n) is 3.96. The maximum absolute atomic E-state index is 8.19. The van der Waals surface area contributed by atoms with Crippen LogP contribution in [0.5, 0.6) is 0 Å². The van der Waals surface area contributed by atoms with Gasteiger partial charge in [-0.2, -0.15) is 5.26 Å². The third-order valence-corrected chi connectivity index (χ3v) is 1.77. The highest BCUT2D eigenvalue weighted by molar-refractivity contribution is 4.68. The van der Waals surface area contributed by atoms with Crippen LogP contribution >= 0.6 is 0 Å². The molecule has 0 bridgehead atoms. The molecular weight excluding hydrogens is 142 g/mol. The first kappa shape index (κ1) is 8.51. The Bertz CT molecular complexity index is 136. The third kappa shape index (κ3) is 3.35. The number of hydrogen-bond acceptors (Lipinski definition) is 3. The van der Waals surface area contributed by atoms with E-state index in [0.29, 0.717) is 12.5 Å². The predicted octanol–water partition coefficient (Wildman–Crippen LogP) is 0.953. The van der Waals surface area contributed by atoms with Gasteiger partial charge in [-0.25, -0.2) is 0 Å². The summed E-state index contributed by atoms with van der Waals surface area (Å²) in [5.41, 5.74) is 0. The molecule has 1 fully saturated rings. The molecule has 0 spiro atoms. The minimum Gasteiger partial charge on any atom is -0.381 e. The van der Waals surface area contributed by atoms with Crippen LogP contribution in [-0.2, 0) is 9.47 Å². The maximum atomic E-state index is 8.19. The first-order valence-corrected chi connectivity index (χ1v) is 3.96. The van der Waals surface area contributed by atoms with Crippen LogP contribution in [0, 0.1) is 17.2 Å². The third-order valence-electron chi connectivity index (χ3n) is 1.77. The lowest BCUT2D eigenvalue weighted by Crippen LogP contribution is -2.21. The molecule has 1 unspecified atom stereocenters. The summed E-state index contributed by atoms with van der Waals surface area (Å²) in [5.74, 6) is 0.511. The van der Waals surface area contributed by atoms with Crippen LogP contribution in [0.1, 0.15) is 12.8 Å². The molecule has 0 radical (unpaired) electrons. The standard InChI is InChI=1S/C8H13NO2/c9-3-5-11-7-8-2-1-4-10-6-8/h8H,1-2,4-7H2. The molecule has 1 saturated heterocycles. The Balaban J connectivity index is 2.01. The Morgan fingerprint density at radius 3 is 3.18 bits per heavy atom. The fourth-order valence-corrected chi connectivity index (χ4v) is 1.21. The zero-order valence-corrected chi connectivity index (χ0v) is 6.58. The smallest absolute Gasteiger partial charge is 0.133 e. The second kappa shape index (κ2) is 5.11. The van der Waals surface area contributed by atoms with E-state index in [4.69, 9.17) is 14.7 Å². The largest absolute Gasteiger partial charge is 0.381 e. The summed E-state index contributed by atoms with van der Waals surface area (Å²) < 4.78 is 10.3. The van der Waals surface area contributed by atoms with Gasteiger partial charge in [-0.15, -0.1) is 0 Å². The molecule has 62 valence electrons. The molecule has 0 aromatic carbocycles. The van der Waals surface area contributed by atoms with Gasteiger partial charge in [-0.05, 0) is 12.8 Å². The van der Waals surface area contributed by atoms with Crippen LogP contribution < -0.4 is 0 Å². The molecule has 11 heavy (non-hydrogen) atoms. The van der Waals surface area contributed by atoms with Gasteiger partial charge in [0.2, 0.25) is 0 Å². The fourth-order valence-electron chi connectivity index (χ4n) is 1.21. The maximum Gasteiger partial charge on any atom is 0.133 e. The topological polar surface area (TPSA) is 42.2 Å². The Kier molecular flexibility index (Phi) is 3.95. The Hall–Kier alpha value is -0.590. The summed E-state index contributed by atoms with van der Waals surface area (Å²) >= 11 is 0. The van der Waals surface area contributed by atoms with E-state index < -0.39 is 0 Å². The predicted molar refractivity (Wildman–Crippen MR) is 40.0 cm³/mol. The van der Waals surface area contributed by atoms with Crippen molar-refractivity contribution in [2.24, 2.45) is 5.92 Å². The van der Waals surface area contributed by atoms with Crippen molar-refractivity contribution >= 4 is 0 Å². The number of hydrogen-bond donors (Lipinski definition) is 0. The average Bonchev–Trinajstić information content (AvgIpc) is 2.07. The summed E-state index contributed by atoms with van der Waals surface area (Å²) in [7, 11) is 0. The van der Waals surface area contributed by atoms with Gasteiger partial charge >= 0.3 is 0 Å². The highest BCUT2D eigenvalue weighted by Gasteiger charge is 2.13. The summed E-state index contributed by atoms with van der Waals surface area (Å²) in [6, 6.07) is 1.94. The van der Waals surface area contributed by atoms with Crippen molar-refractivity contribution < 1.29 is 9.47 Å². The zero-order valence-electron chi connectivity index (χ0n) is 6.58. The van der Waals surface area contributed by atoms with Crippen molar-refractivity contribution in [3.8, 4) is 6.07 Å². The Morgan fingerprint density at radius 1 is 1.64 bits per heavy atom. The molecule has 0 amide bonds. The molecule has 0 N–H and O–H groups in total. The van der Waals surface area contributed by atoms with E-state index in [1.165, 1.54) is 6.42 Å². The van der Waals surface area contributed by atoms with Crippen molar-refractivity contribution in [2.45, 2.75) is 12.8 Å². The van der Waals surface area contributed by atoms with E-state index in [1.807, 2.05) is 6.07 Å². The fraction of sp³-hybridized carbons (Fsp3) is 0.875. The second-order valence-corrected chi connectivity index (χ2v) is 2.76. The summed E-state index contributed by atoms with van der Waals surface area (Å²) in [4.78, 5) is 0. The van der Waals surface area contributed by atoms with E-state index in [9.17, 15) is 0 Å². The number of rotatable bonds is 3. The van der Waals surface area contributed by atoms with Crippen molar-refractivity contribution in [2.75, 3.05) is 26.4 Å². The normalized spacial score (nSPS) is 24.5. The van der Waals surface area contributed by atoms with E-state index in [0.717, 1.165) is 19.6 Å². The molecule has 1 rings (SSSR count). The first-order chi connectivity index (χ1) is 5.43. The molecule has 0 aromatic heterocycles. The molecule has 1 heterocycles. The number of ether oxygens (including phenoxy) is 2. The van der Waals surface area contributed by atoms with E-state index in [-0.39, 0.29) is 6.61 Å². The van der Waals surface area contributed by atoms with Gasteiger partial charge in [0.15, 0.2) is 0 Å².